The second kappa shape index (κ2) is 5.59. The van der Waals surface area contributed by atoms with Gasteiger partial charge in [-0.15, -0.1) is 0 Å². The van der Waals surface area contributed by atoms with E-state index in [1.807, 2.05) is 31.2 Å². The Hall–Kier alpha value is -1.93. The highest BCUT2D eigenvalue weighted by Gasteiger charge is 2.18. The molecule has 0 saturated heterocycles. The van der Waals surface area contributed by atoms with E-state index in [0.717, 1.165) is 25.1 Å². The molecule has 2 heteroatoms. The Labute approximate surface area is 120 Å². The zero-order chi connectivity index (χ0) is 13.9. The van der Waals surface area contributed by atoms with Crippen LogP contribution in [0.5, 0.6) is 0 Å². The molecular formula is C18H19NO. The van der Waals surface area contributed by atoms with Crippen LogP contribution in [0.1, 0.15) is 27.0 Å². The van der Waals surface area contributed by atoms with Crippen LogP contribution in [0.15, 0.2) is 48.5 Å². The van der Waals surface area contributed by atoms with E-state index in [0.29, 0.717) is 6.54 Å². The monoisotopic (exact) mass is 265 g/mol. The smallest absolute Gasteiger partial charge is 0.176 e. The molecule has 0 unspecified atom stereocenters. The Kier molecular flexibility index (Phi) is 3.66. The summed E-state index contributed by atoms with van der Waals surface area (Å²) in [7, 11) is 0. The Morgan fingerprint density at radius 1 is 1.05 bits per heavy atom. The Bertz CT molecular complexity index is 616. The van der Waals surface area contributed by atoms with Crippen molar-refractivity contribution >= 4 is 5.78 Å². The van der Waals surface area contributed by atoms with Gasteiger partial charge in [0.15, 0.2) is 5.78 Å². The Morgan fingerprint density at radius 3 is 2.50 bits per heavy atom. The van der Waals surface area contributed by atoms with Crippen molar-refractivity contribution < 1.29 is 4.79 Å². The summed E-state index contributed by atoms with van der Waals surface area (Å²) in [4.78, 5) is 14.5. The van der Waals surface area contributed by atoms with E-state index in [-0.39, 0.29) is 5.78 Å². The van der Waals surface area contributed by atoms with E-state index < -0.39 is 0 Å². The van der Waals surface area contributed by atoms with Gasteiger partial charge in [-0.3, -0.25) is 9.69 Å². The van der Waals surface area contributed by atoms with Gasteiger partial charge in [0.25, 0.3) is 0 Å². The number of aryl methyl sites for hydroxylation is 1. The highest BCUT2D eigenvalue weighted by Crippen LogP contribution is 2.18. The van der Waals surface area contributed by atoms with Crippen LogP contribution in [0.3, 0.4) is 0 Å². The minimum atomic E-state index is 0.212. The van der Waals surface area contributed by atoms with Gasteiger partial charge >= 0.3 is 0 Å². The summed E-state index contributed by atoms with van der Waals surface area (Å²) in [6, 6.07) is 16.4. The maximum absolute atomic E-state index is 12.3. The van der Waals surface area contributed by atoms with Crippen molar-refractivity contribution in [2.75, 3.05) is 13.1 Å². The van der Waals surface area contributed by atoms with Crippen molar-refractivity contribution in [2.24, 2.45) is 0 Å². The molecule has 2 aromatic rings. The SMILES string of the molecule is Cc1ccc(C(=O)CN2CCc3ccccc3C2)cc1. The topological polar surface area (TPSA) is 20.3 Å². The molecule has 0 aliphatic carbocycles. The number of Topliss-reactive ketones (excluding diaryl/α,β-unsaturated/α-hetero) is 1. The summed E-state index contributed by atoms with van der Waals surface area (Å²) >= 11 is 0. The van der Waals surface area contributed by atoms with E-state index in [1.165, 1.54) is 16.7 Å². The largest absolute Gasteiger partial charge is 0.293 e. The molecule has 20 heavy (non-hydrogen) atoms. The molecule has 1 aliphatic heterocycles. The molecule has 0 saturated carbocycles. The van der Waals surface area contributed by atoms with Gasteiger partial charge in [-0.25, -0.2) is 0 Å². The lowest BCUT2D eigenvalue weighted by molar-refractivity contribution is 0.0921. The van der Waals surface area contributed by atoms with E-state index >= 15 is 0 Å². The first-order valence-corrected chi connectivity index (χ1v) is 7.11. The normalized spacial score (nSPS) is 14.8. The summed E-state index contributed by atoms with van der Waals surface area (Å²) in [5, 5.41) is 0. The van der Waals surface area contributed by atoms with Gasteiger partial charge in [0.1, 0.15) is 0 Å². The summed E-state index contributed by atoms with van der Waals surface area (Å²) < 4.78 is 0. The number of hydrogen-bond donors (Lipinski definition) is 0. The number of hydrogen-bond acceptors (Lipinski definition) is 2. The lowest BCUT2D eigenvalue weighted by atomic mass is 9.99. The maximum Gasteiger partial charge on any atom is 0.176 e. The molecule has 0 spiro atoms. The van der Waals surface area contributed by atoms with Crippen molar-refractivity contribution in [3.8, 4) is 0 Å². The maximum atomic E-state index is 12.3. The van der Waals surface area contributed by atoms with Gasteiger partial charge in [-0.2, -0.15) is 0 Å². The van der Waals surface area contributed by atoms with Crippen molar-refractivity contribution in [2.45, 2.75) is 19.9 Å². The number of carbonyl (C=O) groups excluding carboxylic acids is 1. The Balaban J connectivity index is 1.67. The summed E-state index contributed by atoms with van der Waals surface area (Å²) in [6.45, 7) is 4.40. The van der Waals surface area contributed by atoms with Gasteiger partial charge in [-0.1, -0.05) is 54.1 Å². The number of rotatable bonds is 3. The molecular weight excluding hydrogens is 246 g/mol. The predicted octanol–water partition coefficient (Wildman–Crippen LogP) is 3.24. The number of ketones is 1. The molecule has 1 aliphatic rings. The standard InChI is InChI=1S/C18H19NO/c1-14-6-8-16(9-7-14)18(20)13-19-11-10-15-4-2-3-5-17(15)12-19/h2-9H,10-13H2,1H3. The van der Waals surface area contributed by atoms with Crippen molar-refractivity contribution in [3.05, 3.63) is 70.8 Å². The number of nitrogens with zero attached hydrogens (tertiary/aromatic N) is 1. The fourth-order valence-corrected chi connectivity index (χ4v) is 2.72. The molecule has 0 fully saturated rings. The predicted molar refractivity (Wildman–Crippen MR) is 80.9 cm³/mol. The summed E-state index contributed by atoms with van der Waals surface area (Å²) in [6.07, 6.45) is 1.04. The van der Waals surface area contributed by atoms with Crippen molar-refractivity contribution in [3.63, 3.8) is 0 Å². The first-order valence-electron chi connectivity index (χ1n) is 7.11. The first-order chi connectivity index (χ1) is 9.72. The zero-order valence-corrected chi connectivity index (χ0v) is 11.8. The van der Waals surface area contributed by atoms with Gasteiger partial charge in [0, 0.05) is 18.7 Å². The van der Waals surface area contributed by atoms with Gasteiger partial charge in [-0.05, 0) is 24.5 Å². The third-order valence-electron chi connectivity index (χ3n) is 3.95. The number of fused-ring (bicyclic) bond motifs is 1. The van der Waals surface area contributed by atoms with Crippen LogP contribution in [0, 0.1) is 6.92 Å². The quantitative estimate of drug-likeness (QED) is 0.794. The molecule has 102 valence electrons. The average molecular weight is 265 g/mol. The van der Waals surface area contributed by atoms with Crippen molar-refractivity contribution in [1.82, 2.24) is 4.90 Å². The lowest BCUT2D eigenvalue weighted by Crippen LogP contribution is -2.34. The van der Waals surface area contributed by atoms with E-state index in [2.05, 4.69) is 29.2 Å². The van der Waals surface area contributed by atoms with E-state index in [9.17, 15) is 4.79 Å². The van der Waals surface area contributed by atoms with Gasteiger partial charge in [0.2, 0.25) is 0 Å². The molecule has 2 nitrogen and oxygen atoms in total. The number of benzene rings is 2. The molecule has 0 bridgehead atoms. The summed E-state index contributed by atoms with van der Waals surface area (Å²) in [5.41, 5.74) is 4.78. The van der Waals surface area contributed by atoms with E-state index in [4.69, 9.17) is 0 Å². The van der Waals surface area contributed by atoms with Crippen molar-refractivity contribution in [1.29, 1.82) is 0 Å². The van der Waals surface area contributed by atoms with Crippen LogP contribution < -0.4 is 0 Å². The fourth-order valence-electron chi connectivity index (χ4n) is 2.72. The highest BCUT2D eigenvalue weighted by atomic mass is 16.1. The van der Waals surface area contributed by atoms with Crippen LogP contribution in [0.25, 0.3) is 0 Å². The van der Waals surface area contributed by atoms with Crippen LogP contribution in [-0.4, -0.2) is 23.8 Å². The first kappa shape index (κ1) is 13.1. The zero-order valence-electron chi connectivity index (χ0n) is 11.8. The van der Waals surface area contributed by atoms with Crippen LogP contribution >= 0.6 is 0 Å². The lowest BCUT2D eigenvalue weighted by Gasteiger charge is -2.28. The molecule has 1 heterocycles. The van der Waals surface area contributed by atoms with Gasteiger partial charge in [0.05, 0.1) is 6.54 Å². The molecule has 0 N–H and O–H groups in total. The molecule has 2 aromatic carbocycles. The van der Waals surface area contributed by atoms with Crippen LogP contribution in [0.2, 0.25) is 0 Å². The summed E-state index contributed by atoms with van der Waals surface area (Å²) in [5.74, 6) is 0.212. The van der Waals surface area contributed by atoms with Crippen LogP contribution in [0.4, 0.5) is 0 Å². The Morgan fingerprint density at radius 2 is 1.75 bits per heavy atom. The molecule has 0 amide bonds. The molecule has 0 aromatic heterocycles. The van der Waals surface area contributed by atoms with Gasteiger partial charge < -0.3 is 0 Å². The average Bonchev–Trinajstić information content (AvgIpc) is 2.48. The second-order valence-electron chi connectivity index (χ2n) is 5.52. The minimum absolute atomic E-state index is 0.212. The number of carbonyl (C=O) groups is 1. The fraction of sp³-hybridized carbons (Fsp3) is 0.278. The third-order valence-corrected chi connectivity index (χ3v) is 3.95. The highest BCUT2D eigenvalue weighted by molar-refractivity contribution is 5.97. The molecule has 0 atom stereocenters. The minimum Gasteiger partial charge on any atom is -0.293 e. The third kappa shape index (κ3) is 2.81. The second-order valence-corrected chi connectivity index (χ2v) is 5.52. The van der Waals surface area contributed by atoms with E-state index in [1.54, 1.807) is 0 Å². The molecule has 3 rings (SSSR count). The van der Waals surface area contributed by atoms with Crippen LogP contribution in [-0.2, 0) is 13.0 Å². The molecule has 0 radical (unpaired) electrons.